The summed E-state index contributed by atoms with van der Waals surface area (Å²) >= 11 is 0. The molecule has 1 fully saturated rings. The van der Waals surface area contributed by atoms with Crippen LogP contribution in [0, 0.1) is 5.92 Å². The van der Waals surface area contributed by atoms with E-state index in [2.05, 4.69) is 5.32 Å². The van der Waals surface area contributed by atoms with Gasteiger partial charge in [-0.15, -0.1) is 0 Å². The van der Waals surface area contributed by atoms with E-state index in [1.807, 2.05) is 20.8 Å². The number of nitrogens with one attached hydrogen (secondary N) is 1. The van der Waals surface area contributed by atoms with Gasteiger partial charge in [0.25, 0.3) is 0 Å². The fourth-order valence-electron chi connectivity index (χ4n) is 2.52. The number of rotatable bonds is 7. The minimum absolute atomic E-state index is 0.173. The van der Waals surface area contributed by atoms with Crippen LogP contribution in [0.5, 0.6) is 0 Å². The zero-order valence-electron chi connectivity index (χ0n) is 12.5. The number of carbonyl (C=O) groups excluding carboxylic acids is 1. The number of amides is 1. The van der Waals surface area contributed by atoms with Crippen LogP contribution >= 0.6 is 0 Å². The van der Waals surface area contributed by atoms with Gasteiger partial charge in [0.1, 0.15) is 0 Å². The summed E-state index contributed by atoms with van der Waals surface area (Å²) < 4.78 is 37.1. The van der Waals surface area contributed by atoms with E-state index in [0.29, 0.717) is 18.8 Å². The fraction of sp³-hybridized carbons (Fsp3) is 0.929. The summed E-state index contributed by atoms with van der Waals surface area (Å²) in [5.74, 6) is 0.159. The average molecular weight is 294 g/mol. The number of hydrogen-bond donors (Lipinski definition) is 1. The Labute approximate surface area is 118 Å². The Bertz CT molecular complexity index is 318. The smallest absolute Gasteiger partial charge is 0.325 e. The molecule has 6 heteroatoms. The molecule has 1 heterocycles. The second-order valence-corrected chi connectivity index (χ2v) is 5.90. The predicted octanol–water partition coefficient (Wildman–Crippen LogP) is 3.30. The Morgan fingerprint density at radius 2 is 2.00 bits per heavy atom. The molecule has 0 spiro atoms. The standard InChI is InChI=1S/C14H25F3N2O/c1-4-5-6-11-13(20)19(8-7-14(15,16)17)12(18-11)9-10(2)3/h10-12,18H,4-9H2,1-3H3. The SMILES string of the molecule is CCCCC1NC(CC(C)C)N(CCC(F)(F)F)C1=O. The van der Waals surface area contributed by atoms with Crippen molar-refractivity contribution in [3.8, 4) is 0 Å². The summed E-state index contributed by atoms with van der Waals surface area (Å²) in [4.78, 5) is 13.6. The van der Waals surface area contributed by atoms with Gasteiger partial charge < -0.3 is 4.90 Å². The molecule has 118 valence electrons. The lowest BCUT2D eigenvalue weighted by molar-refractivity contribution is -0.145. The van der Waals surface area contributed by atoms with E-state index in [-0.39, 0.29) is 24.7 Å². The van der Waals surface area contributed by atoms with Gasteiger partial charge >= 0.3 is 6.18 Å². The van der Waals surface area contributed by atoms with E-state index in [9.17, 15) is 18.0 Å². The lowest BCUT2D eigenvalue weighted by atomic mass is 10.1. The normalized spacial score (nSPS) is 23.9. The van der Waals surface area contributed by atoms with Crippen molar-refractivity contribution in [1.82, 2.24) is 10.2 Å². The third-order valence-corrected chi connectivity index (χ3v) is 3.53. The second-order valence-electron chi connectivity index (χ2n) is 5.90. The Kier molecular flexibility index (Phi) is 6.30. The molecule has 2 atom stereocenters. The molecular formula is C14H25F3N2O. The quantitative estimate of drug-likeness (QED) is 0.781. The molecular weight excluding hydrogens is 269 g/mol. The molecule has 1 aliphatic rings. The molecule has 1 saturated heterocycles. The molecule has 3 nitrogen and oxygen atoms in total. The van der Waals surface area contributed by atoms with Gasteiger partial charge in [-0.05, 0) is 18.8 Å². The van der Waals surface area contributed by atoms with Crippen molar-refractivity contribution in [3.63, 3.8) is 0 Å². The van der Waals surface area contributed by atoms with Crippen LogP contribution < -0.4 is 5.32 Å². The van der Waals surface area contributed by atoms with Crippen LogP contribution in [0.25, 0.3) is 0 Å². The molecule has 0 bridgehead atoms. The van der Waals surface area contributed by atoms with Crippen molar-refractivity contribution in [2.24, 2.45) is 5.92 Å². The number of hydrogen-bond acceptors (Lipinski definition) is 2. The molecule has 0 aliphatic carbocycles. The van der Waals surface area contributed by atoms with Gasteiger partial charge in [-0.25, -0.2) is 0 Å². The number of carbonyl (C=O) groups is 1. The van der Waals surface area contributed by atoms with Crippen LogP contribution in [-0.4, -0.2) is 35.7 Å². The second kappa shape index (κ2) is 7.29. The van der Waals surface area contributed by atoms with Gasteiger partial charge in [0.2, 0.25) is 5.91 Å². The molecule has 1 rings (SSSR count). The molecule has 1 aliphatic heterocycles. The van der Waals surface area contributed by atoms with E-state index >= 15 is 0 Å². The van der Waals surface area contributed by atoms with Gasteiger partial charge in [0, 0.05) is 6.54 Å². The lowest BCUT2D eigenvalue weighted by Crippen LogP contribution is -2.40. The first-order chi connectivity index (χ1) is 9.24. The van der Waals surface area contributed by atoms with Crippen LogP contribution in [0.4, 0.5) is 13.2 Å². The summed E-state index contributed by atoms with van der Waals surface area (Å²) in [5.41, 5.74) is 0. The van der Waals surface area contributed by atoms with Crippen LogP contribution in [-0.2, 0) is 4.79 Å². The van der Waals surface area contributed by atoms with Gasteiger partial charge in [-0.2, -0.15) is 13.2 Å². The lowest BCUT2D eigenvalue weighted by Gasteiger charge is -2.26. The first-order valence-corrected chi connectivity index (χ1v) is 7.38. The first-order valence-electron chi connectivity index (χ1n) is 7.38. The molecule has 0 radical (unpaired) electrons. The van der Waals surface area contributed by atoms with E-state index in [1.165, 1.54) is 4.90 Å². The summed E-state index contributed by atoms with van der Waals surface area (Å²) in [6, 6.07) is -0.313. The first kappa shape index (κ1) is 17.3. The molecule has 1 N–H and O–H groups in total. The number of alkyl halides is 3. The summed E-state index contributed by atoms with van der Waals surface area (Å²) in [6.07, 6.45) is -2.14. The van der Waals surface area contributed by atoms with Crippen molar-refractivity contribution in [1.29, 1.82) is 0 Å². The third kappa shape index (κ3) is 5.31. The topological polar surface area (TPSA) is 32.3 Å². The molecule has 1 amide bonds. The van der Waals surface area contributed by atoms with Gasteiger partial charge in [0.05, 0.1) is 18.6 Å². The highest BCUT2D eigenvalue weighted by molar-refractivity contribution is 5.84. The Morgan fingerprint density at radius 1 is 1.35 bits per heavy atom. The maximum Gasteiger partial charge on any atom is 0.390 e. The molecule has 0 saturated carbocycles. The third-order valence-electron chi connectivity index (χ3n) is 3.53. The number of halogens is 3. The highest BCUT2D eigenvalue weighted by Crippen LogP contribution is 2.25. The Balaban J connectivity index is 2.66. The van der Waals surface area contributed by atoms with Gasteiger partial charge in [0.15, 0.2) is 0 Å². The van der Waals surface area contributed by atoms with Gasteiger partial charge in [-0.1, -0.05) is 33.6 Å². The van der Waals surface area contributed by atoms with E-state index < -0.39 is 12.6 Å². The predicted molar refractivity (Wildman–Crippen MR) is 72.1 cm³/mol. The maximum absolute atomic E-state index is 12.4. The maximum atomic E-state index is 12.4. The monoisotopic (exact) mass is 294 g/mol. The molecule has 2 unspecified atom stereocenters. The Morgan fingerprint density at radius 3 is 2.50 bits per heavy atom. The average Bonchev–Trinajstić information content (AvgIpc) is 2.59. The highest BCUT2D eigenvalue weighted by atomic mass is 19.4. The zero-order valence-corrected chi connectivity index (χ0v) is 12.5. The van der Waals surface area contributed by atoms with Crippen LogP contribution in [0.15, 0.2) is 0 Å². The summed E-state index contributed by atoms with van der Waals surface area (Å²) in [5, 5.41) is 3.20. The molecule has 0 aromatic heterocycles. The van der Waals surface area contributed by atoms with Crippen molar-refractivity contribution in [2.45, 2.75) is 71.3 Å². The molecule has 20 heavy (non-hydrogen) atoms. The summed E-state index contributed by atoms with van der Waals surface area (Å²) in [7, 11) is 0. The summed E-state index contributed by atoms with van der Waals surface area (Å²) in [6.45, 7) is 5.81. The molecule has 0 aromatic carbocycles. The highest BCUT2D eigenvalue weighted by Gasteiger charge is 2.40. The van der Waals surface area contributed by atoms with Crippen molar-refractivity contribution in [3.05, 3.63) is 0 Å². The zero-order chi connectivity index (χ0) is 15.3. The molecule has 0 aromatic rings. The number of unbranched alkanes of at least 4 members (excludes halogenated alkanes) is 1. The van der Waals surface area contributed by atoms with Crippen molar-refractivity contribution >= 4 is 5.91 Å². The minimum atomic E-state index is -4.22. The van der Waals surface area contributed by atoms with E-state index in [0.717, 1.165) is 12.8 Å². The van der Waals surface area contributed by atoms with Crippen LogP contribution in [0.1, 0.15) is 52.9 Å². The van der Waals surface area contributed by atoms with Crippen molar-refractivity contribution in [2.75, 3.05) is 6.54 Å². The van der Waals surface area contributed by atoms with Crippen LogP contribution in [0.2, 0.25) is 0 Å². The van der Waals surface area contributed by atoms with Crippen LogP contribution in [0.3, 0.4) is 0 Å². The van der Waals surface area contributed by atoms with E-state index in [4.69, 9.17) is 0 Å². The Hall–Kier alpha value is -0.780. The fourth-order valence-corrected chi connectivity index (χ4v) is 2.52. The number of nitrogens with zero attached hydrogens (tertiary/aromatic N) is 1. The minimum Gasteiger partial charge on any atom is -0.325 e. The van der Waals surface area contributed by atoms with Crippen molar-refractivity contribution < 1.29 is 18.0 Å². The van der Waals surface area contributed by atoms with Gasteiger partial charge in [-0.3, -0.25) is 10.1 Å². The largest absolute Gasteiger partial charge is 0.390 e. The van der Waals surface area contributed by atoms with E-state index in [1.54, 1.807) is 0 Å².